The fraction of sp³-hybridized carbons (Fsp3) is 0.562. The van der Waals surface area contributed by atoms with Crippen LogP contribution in [0.1, 0.15) is 40.7 Å². The fourth-order valence-corrected chi connectivity index (χ4v) is 3.05. The van der Waals surface area contributed by atoms with Gasteiger partial charge in [-0.1, -0.05) is 23.6 Å². The van der Waals surface area contributed by atoms with Crippen LogP contribution in [0.2, 0.25) is 0 Å². The Bertz CT molecular complexity index is 436. The molecule has 2 unspecified atom stereocenters. The van der Waals surface area contributed by atoms with Crippen molar-refractivity contribution < 1.29 is 9.90 Å². The summed E-state index contributed by atoms with van der Waals surface area (Å²) in [6, 6.07) is 5.90. The van der Waals surface area contributed by atoms with E-state index in [4.69, 9.17) is 0 Å². The van der Waals surface area contributed by atoms with Gasteiger partial charge < -0.3 is 10.4 Å². The van der Waals surface area contributed by atoms with E-state index < -0.39 is 0 Å². The molecule has 3 heteroatoms. The molecule has 1 aliphatic rings. The van der Waals surface area contributed by atoms with Gasteiger partial charge in [0, 0.05) is 18.7 Å². The summed E-state index contributed by atoms with van der Waals surface area (Å²) in [5.41, 5.74) is 2.95. The first-order chi connectivity index (χ1) is 9.10. The summed E-state index contributed by atoms with van der Waals surface area (Å²) < 4.78 is 0. The van der Waals surface area contributed by atoms with E-state index in [0.29, 0.717) is 18.4 Å². The van der Waals surface area contributed by atoms with Crippen LogP contribution in [0.4, 0.5) is 0 Å². The van der Waals surface area contributed by atoms with E-state index in [1.165, 1.54) is 0 Å². The van der Waals surface area contributed by atoms with Gasteiger partial charge in [0.15, 0.2) is 0 Å². The predicted molar refractivity (Wildman–Crippen MR) is 76.2 cm³/mol. The number of aliphatic hydroxyl groups is 1. The number of carbonyl (C=O) groups is 1. The third-order valence-corrected chi connectivity index (χ3v) is 4.06. The van der Waals surface area contributed by atoms with Gasteiger partial charge in [0.2, 0.25) is 0 Å². The third kappa shape index (κ3) is 3.57. The molecule has 2 N–H and O–H groups in total. The summed E-state index contributed by atoms with van der Waals surface area (Å²) in [5.74, 6) is 0.787. The number of aryl methyl sites for hydroxylation is 2. The number of hydrogen-bond acceptors (Lipinski definition) is 2. The lowest BCUT2D eigenvalue weighted by Crippen LogP contribution is -2.31. The molecule has 0 aliphatic heterocycles. The van der Waals surface area contributed by atoms with E-state index in [9.17, 15) is 9.90 Å². The molecule has 1 aromatic rings. The molecular weight excluding hydrogens is 238 g/mol. The van der Waals surface area contributed by atoms with Crippen molar-refractivity contribution in [2.45, 2.75) is 33.1 Å². The molecule has 2 atom stereocenters. The van der Waals surface area contributed by atoms with E-state index in [2.05, 4.69) is 11.4 Å². The quantitative estimate of drug-likeness (QED) is 0.874. The standard InChI is InChI=1S/C16H23NO2/c1-11-6-12(2)8-15(7-11)16(19)17-9-13-4-3-5-14(13)10-18/h6-8,13-14,18H,3-5,9-10H2,1-2H3,(H,17,19). The molecule has 1 amide bonds. The molecule has 0 aromatic heterocycles. The van der Waals surface area contributed by atoms with Crippen molar-refractivity contribution in [1.29, 1.82) is 0 Å². The highest BCUT2D eigenvalue weighted by molar-refractivity contribution is 5.94. The zero-order valence-corrected chi connectivity index (χ0v) is 11.8. The topological polar surface area (TPSA) is 49.3 Å². The zero-order chi connectivity index (χ0) is 13.8. The van der Waals surface area contributed by atoms with Crippen LogP contribution in [-0.4, -0.2) is 24.2 Å². The zero-order valence-electron chi connectivity index (χ0n) is 11.8. The van der Waals surface area contributed by atoms with Crippen LogP contribution in [0.5, 0.6) is 0 Å². The van der Waals surface area contributed by atoms with Crippen molar-refractivity contribution in [1.82, 2.24) is 5.32 Å². The Hall–Kier alpha value is -1.35. The summed E-state index contributed by atoms with van der Waals surface area (Å²) in [7, 11) is 0. The smallest absolute Gasteiger partial charge is 0.251 e. The van der Waals surface area contributed by atoms with Crippen molar-refractivity contribution in [2.24, 2.45) is 11.8 Å². The minimum Gasteiger partial charge on any atom is -0.396 e. The number of rotatable bonds is 4. The largest absolute Gasteiger partial charge is 0.396 e. The Morgan fingerprint density at radius 1 is 1.21 bits per heavy atom. The number of aliphatic hydroxyl groups excluding tert-OH is 1. The lowest BCUT2D eigenvalue weighted by atomic mass is 9.97. The Balaban J connectivity index is 1.94. The van der Waals surface area contributed by atoms with Crippen LogP contribution in [0.15, 0.2) is 18.2 Å². The van der Waals surface area contributed by atoms with Gasteiger partial charge in [0.05, 0.1) is 0 Å². The van der Waals surface area contributed by atoms with Gasteiger partial charge in [-0.2, -0.15) is 0 Å². The van der Waals surface area contributed by atoms with Gasteiger partial charge in [-0.15, -0.1) is 0 Å². The van der Waals surface area contributed by atoms with Gasteiger partial charge in [0.25, 0.3) is 5.91 Å². The normalized spacial score (nSPS) is 22.5. The summed E-state index contributed by atoms with van der Waals surface area (Å²) in [6.07, 6.45) is 3.36. The molecule has 19 heavy (non-hydrogen) atoms. The van der Waals surface area contributed by atoms with Crippen LogP contribution in [0.3, 0.4) is 0 Å². The molecular formula is C16H23NO2. The Morgan fingerprint density at radius 3 is 2.47 bits per heavy atom. The molecule has 0 heterocycles. The second-order valence-electron chi connectivity index (χ2n) is 5.72. The van der Waals surface area contributed by atoms with Crippen molar-refractivity contribution in [3.63, 3.8) is 0 Å². The van der Waals surface area contributed by atoms with Crippen LogP contribution < -0.4 is 5.32 Å². The van der Waals surface area contributed by atoms with Crippen LogP contribution in [0.25, 0.3) is 0 Å². The van der Waals surface area contributed by atoms with Crippen LogP contribution in [-0.2, 0) is 0 Å². The molecule has 0 spiro atoms. The van der Waals surface area contributed by atoms with E-state index in [0.717, 1.165) is 36.0 Å². The van der Waals surface area contributed by atoms with E-state index >= 15 is 0 Å². The highest BCUT2D eigenvalue weighted by Crippen LogP contribution is 2.30. The molecule has 0 saturated heterocycles. The molecule has 2 rings (SSSR count). The van der Waals surface area contributed by atoms with Gasteiger partial charge in [0.1, 0.15) is 0 Å². The minimum absolute atomic E-state index is 0.00427. The monoisotopic (exact) mass is 261 g/mol. The molecule has 1 saturated carbocycles. The van der Waals surface area contributed by atoms with Crippen molar-refractivity contribution in [2.75, 3.05) is 13.2 Å². The first-order valence-corrected chi connectivity index (χ1v) is 7.07. The summed E-state index contributed by atoms with van der Waals surface area (Å²) in [6.45, 7) is 4.92. The highest BCUT2D eigenvalue weighted by Gasteiger charge is 2.26. The van der Waals surface area contributed by atoms with E-state index in [-0.39, 0.29) is 12.5 Å². The molecule has 0 bridgehead atoms. The second-order valence-corrected chi connectivity index (χ2v) is 5.72. The van der Waals surface area contributed by atoms with Gasteiger partial charge in [-0.25, -0.2) is 0 Å². The number of hydrogen-bond donors (Lipinski definition) is 2. The number of amides is 1. The van der Waals surface area contributed by atoms with Gasteiger partial charge in [-0.3, -0.25) is 4.79 Å². The Morgan fingerprint density at radius 2 is 1.84 bits per heavy atom. The fourth-order valence-electron chi connectivity index (χ4n) is 3.05. The maximum Gasteiger partial charge on any atom is 0.251 e. The molecule has 1 fully saturated rings. The summed E-state index contributed by atoms with van der Waals surface area (Å²) >= 11 is 0. The van der Waals surface area contributed by atoms with Crippen LogP contribution in [0, 0.1) is 25.7 Å². The lowest BCUT2D eigenvalue weighted by molar-refractivity contribution is 0.0937. The average Bonchev–Trinajstić information content (AvgIpc) is 2.82. The molecule has 3 nitrogen and oxygen atoms in total. The summed E-state index contributed by atoms with van der Waals surface area (Å²) in [5, 5.41) is 12.3. The van der Waals surface area contributed by atoms with Gasteiger partial charge in [-0.05, 0) is 50.7 Å². The highest BCUT2D eigenvalue weighted by atomic mass is 16.3. The second kappa shape index (κ2) is 6.20. The molecule has 104 valence electrons. The van der Waals surface area contributed by atoms with Crippen LogP contribution >= 0.6 is 0 Å². The molecule has 1 aliphatic carbocycles. The van der Waals surface area contributed by atoms with E-state index in [1.807, 2.05) is 26.0 Å². The first-order valence-electron chi connectivity index (χ1n) is 7.07. The van der Waals surface area contributed by atoms with Gasteiger partial charge >= 0.3 is 0 Å². The van der Waals surface area contributed by atoms with Crippen molar-refractivity contribution in [3.05, 3.63) is 34.9 Å². The van der Waals surface area contributed by atoms with Crippen molar-refractivity contribution >= 4 is 5.91 Å². The number of nitrogens with one attached hydrogen (secondary N) is 1. The van der Waals surface area contributed by atoms with E-state index in [1.54, 1.807) is 0 Å². The SMILES string of the molecule is Cc1cc(C)cc(C(=O)NCC2CCCC2CO)c1. The predicted octanol–water partition coefficient (Wildman–Crippen LogP) is 2.44. The average molecular weight is 261 g/mol. The first kappa shape index (κ1) is 14.1. The minimum atomic E-state index is -0.00427. The Labute approximate surface area is 115 Å². The number of carbonyl (C=O) groups excluding carboxylic acids is 1. The molecule has 0 radical (unpaired) electrons. The molecule has 1 aromatic carbocycles. The maximum absolute atomic E-state index is 12.1. The lowest BCUT2D eigenvalue weighted by Gasteiger charge is -2.18. The third-order valence-electron chi connectivity index (χ3n) is 4.06. The summed E-state index contributed by atoms with van der Waals surface area (Å²) in [4.78, 5) is 12.1. The Kier molecular flexibility index (Phi) is 4.59. The number of benzene rings is 1. The maximum atomic E-state index is 12.1. The van der Waals surface area contributed by atoms with Crippen molar-refractivity contribution in [3.8, 4) is 0 Å².